The van der Waals surface area contributed by atoms with Crippen LogP contribution < -0.4 is 5.32 Å². The molecule has 1 aromatic rings. The molecular weight excluding hydrogens is 288 g/mol. The molecule has 6 nitrogen and oxygen atoms in total. The minimum atomic E-state index is -1.01. The van der Waals surface area contributed by atoms with Gasteiger partial charge in [-0.15, -0.1) is 23.1 Å². The Labute approximate surface area is 119 Å². The number of ether oxygens (including phenoxy) is 1. The Hall–Kier alpha value is -1.12. The molecule has 0 aliphatic heterocycles. The SMILES string of the molecule is Cc1nc(CSCC(=O)NCCOCC(=O)O)cs1. The summed E-state index contributed by atoms with van der Waals surface area (Å²) in [7, 11) is 0. The zero-order valence-corrected chi connectivity index (χ0v) is 12.2. The minimum absolute atomic E-state index is 0.0872. The van der Waals surface area contributed by atoms with Crippen LogP contribution in [0.3, 0.4) is 0 Å². The highest BCUT2D eigenvalue weighted by molar-refractivity contribution is 7.99. The van der Waals surface area contributed by atoms with Crippen molar-refractivity contribution in [2.75, 3.05) is 25.5 Å². The Morgan fingerprint density at radius 1 is 1.58 bits per heavy atom. The van der Waals surface area contributed by atoms with Crippen LogP contribution in [0, 0.1) is 6.92 Å². The molecule has 8 heteroatoms. The second-order valence-corrected chi connectivity index (χ2v) is 5.69. The van der Waals surface area contributed by atoms with E-state index in [1.54, 1.807) is 11.3 Å². The number of nitrogens with one attached hydrogen (secondary N) is 1. The number of thioether (sulfide) groups is 1. The first-order valence-corrected chi connectivity index (χ1v) is 7.66. The van der Waals surface area contributed by atoms with Gasteiger partial charge in [-0.25, -0.2) is 9.78 Å². The molecule has 0 saturated carbocycles. The van der Waals surface area contributed by atoms with E-state index in [0.29, 0.717) is 18.1 Å². The van der Waals surface area contributed by atoms with Crippen molar-refractivity contribution in [3.05, 3.63) is 16.1 Å². The number of aryl methyl sites for hydroxylation is 1. The molecular formula is C11H16N2O4S2. The Bertz CT molecular complexity index is 423. The molecule has 0 spiro atoms. The average molecular weight is 304 g/mol. The molecule has 1 heterocycles. The molecule has 0 radical (unpaired) electrons. The lowest BCUT2D eigenvalue weighted by Gasteiger charge is -2.04. The Morgan fingerprint density at radius 2 is 2.37 bits per heavy atom. The van der Waals surface area contributed by atoms with E-state index in [4.69, 9.17) is 9.84 Å². The van der Waals surface area contributed by atoms with Crippen molar-refractivity contribution in [3.8, 4) is 0 Å². The van der Waals surface area contributed by atoms with E-state index in [0.717, 1.165) is 10.7 Å². The number of carbonyl (C=O) groups is 2. The molecule has 0 bridgehead atoms. The number of nitrogens with zero attached hydrogens (tertiary/aromatic N) is 1. The zero-order valence-electron chi connectivity index (χ0n) is 10.5. The smallest absolute Gasteiger partial charge is 0.329 e. The Balaban J connectivity index is 2.00. The highest BCUT2D eigenvalue weighted by atomic mass is 32.2. The van der Waals surface area contributed by atoms with Crippen LogP contribution in [0.4, 0.5) is 0 Å². The van der Waals surface area contributed by atoms with Gasteiger partial charge in [-0.3, -0.25) is 4.79 Å². The summed E-state index contributed by atoms with van der Waals surface area (Å²) in [5, 5.41) is 14.0. The quantitative estimate of drug-likeness (QED) is 0.659. The third-order valence-corrected chi connectivity index (χ3v) is 3.73. The van der Waals surface area contributed by atoms with Crippen LogP contribution in [0.1, 0.15) is 10.7 Å². The van der Waals surface area contributed by atoms with Gasteiger partial charge in [0.2, 0.25) is 5.91 Å². The first-order valence-electron chi connectivity index (χ1n) is 5.63. The van der Waals surface area contributed by atoms with Crippen LogP contribution >= 0.6 is 23.1 Å². The van der Waals surface area contributed by atoms with Gasteiger partial charge in [0.05, 0.1) is 23.1 Å². The number of thiazole rings is 1. The predicted octanol–water partition coefficient (Wildman–Crippen LogP) is 0.902. The first kappa shape index (κ1) is 15.9. The fraction of sp³-hybridized carbons (Fsp3) is 0.545. The molecule has 0 unspecified atom stereocenters. The molecule has 1 aromatic heterocycles. The van der Waals surface area contributed by atoms with E-state index >= 15 is 0 Å². The van der Waals surface area contributed by atoms with Crippen molar-refractivity contribution in [1.82, 2.24) is 10.3 Å². The number of aromatic nitrogens is 1. The highest BCUT2D eigenvalue weighted by Crippen LogP contribution is 2.14. The van der Waals surface area contributed by atoms with E-state index in [1.807, 2.05) is 12.3 Å². The van der Waals surface area contributed by atoms with Crippen molar-refractivity contribution in [1.29, 1.82) is 0 Å². The number of carboxylic acids is 1. The molecule has 0 aromatic carbocycles. The van der Waals surface area contributed by atoms with Crippen LogP contribution in [0.15, 0.2) is 5.38 Å². The fourth-order valence-corrected chi connectivity index (χ4v) is 2.66. The van der Waals surface area contributed by atoms with Crippen LogP contribution in [0.2, 0.25) is 0 Å². The fourth-order valence-electron chi connectivity index (χ4n) is 1.20. The Kier molecular flexibility index (Phi) is 7.46. The minimum Gasteiger partial charge on any atom is -0.480 e. The second-order valence-electron chi connectivity index (χ2n) is 3.65. The summed E-state index contributed by atoms with van der Waals surface area (Å²) in [6.45, 7) is 2.13. The number of amides is 1. The lowest BCUT2D eigenvalue weighted by atomic mass is 10.6. The lowest BCUT2D eigenvalue weighted by Crippen LogP contribution is -2.29. The van der Waals surface area contributed by atoms with Crippen molar-refractivity contribution in [2.24, 2.45) is 0 Å². The van der Waals surface area contributed by atoms with Gasteiger partial charge in [0, 0.05) is 17.7 Å². The van der Waals surface area contributed by atoms with E-state index in [9.17, 15) is 9.59 Å². The summed E-state index contributed by atoms with van der Waals surface area (Å²) in [6.07, 6.45) is 0. The molecule has 0 aliphatic carbocycles. The summed E-state index contributed by atoms with van der Waals surface area (Å²) in [6, 6.07) is 0. The standard InChI is InChI=1S/C11H16N2O4S2/c1-8-13-9(6-19-8)5-18-7-10(14)12-2-3-17-4-11(15)16/h6H,2-5,7H2,1H3,(H,12,14)(H,15,16). The van der Waals surface area contributed by atoms with Gasteiger partial charge < -0.3 is 15.2 Å². The van der Waals surface area contributed by atoms with Gasteiger partial charge in [0.25, 0.3) is 0 Å². The summed E-state index contributed by atoms with van der Waals surface area (Å²) in [4.78, 5) is 25.9. The summed E-state index contributed by atoms with van der Waals surface area (Å²) in [5.41, 5.74) is 0.991. The molecule has 1 rings (SSSR count). The van der Waals surface area contributed by atoms with E-state index in [2.05, 4.69) is 10.3 Å². The third kappa shape index (κ3) is 7.81. The normalized spacial score (nSPS) is 10.4. The van der Waals surface area contributed by atoms with Crippen LogP contribution in [-0.4, -0.2) is 47.5 Å². The van der Waals surface area contributed by atoms with Crippen LogP contribution in [0.5, 0.6) is 0 Å². The first-order chi connectivity index (χ1) is 9.08. The maximum Gasteiger partial charge on any atom is 0.329 e. The van der Waals surface area contributed by atoms with Gasteiger partial charge in [-0.2, -0.15) is 0 Å². The van der Waals surface area contributed by atoms with Gasteiger partial charge in [0.15, 0.2) is 0 Å². The topological polar surface area (TPSA) is 88.5 Å². The molecule has 2 N–H and O–H groups in total. The summed E-state index contributed by atoms with van der Waals surface area (Å²) < 4.78 is 4.79. The predicted molar refractivity (Wildman–Crippen MR) is 74.5 cm³/mol. The number of hydrogen-bond acceptors (Lipinski definition) is 6. The number of carbonyl (C=O) groups excluding carboxylic acids is 1. The number of hydrogen-bond donors (Lipinski definition) is 2. The molecule has 0 saturated heterocycles. The maximum absolute atomic E-state index is 11.4. The molecule has 106 valence electrons. The van der Waals surface area contributed by atoms with Gasteiger partial charge in [0.1, 0.15) is 6.61 Å². The molecule has 1 amide bonds. The van der Waals surface area contributed by atoms with E-state index < -0.39 is 5.97 Å². The zero-order chi connectivity index (χ0) is 14.1. The lowest BCUT2D eigenvalue weighted by molar-refractivity contribution is -0.142. The van der Waals surface area contributed by atoms with Crippen molar-refractivity contribution in [3.63, 3.8) is 0 Å². The van der Waals surface area contributed by atoms with Crippen molar-refractivity contribution in [2.45, 2.75) is 12.7 Å². The third-order valence-electron chi connectivity index (χ3n) is 1.94. The van der Waals surface area contributed by atoms with Gasteiger partial charge in [-0.1, -0.05) is 0 Å². The largest absolute Gasteiger partial charge is 0.480 e. The number of rotatable bonds is 9. The summed E-state index contributed by atoms with van der Waals surface area (Å²) >= 11 is 3.09. The van der Waals surface area contributed by atoms with Crippen LogP contribution in [0.25, 0.3) is 0 Å². The summed E-state index contributed by atoms with van der Waals surface area (Å²) in [5.74, 6) is -0.0284. The van der Waals surface area contributed by atoms with Crippen molar-refractivity contribution >= 4 is 35.0 Å². The van der Waals surface area contributed by atoms with E-state index in [1.165, 1.54) is 11.8 Å². The van der Waals surface area contributed by atoms with Crippen molar-refractivity contribution < 1.29 is 19.4 Å². The molecule has 0 atom stereocenters. The second kappa shape index (κ2) is 8.89. The highest BCUT2D eigenvalue weighted by Gasteiger charge is 2.03. The van der Waals surface area contributed by atoms with Gasteiger partial charge in [-0.05, 0) is 6.92 Å². The molecule has 0 aliphatic rings. The number of carboxylic acid groups (broad SMARTS) is 1. The average Bonchev–Trinajstić information content (AvgIpc) is 2.74. The molecule has 19 heavy (non-hydrogen) atoms. The monoisotopic (exact) mass is 304 g/mol. The molecule has 0 fully saturated rings. The van der Waals surface area contributed by atoms with Crippen LogP contribution in [-0.2, 0) is 20.1 Å². The van der Waals surface area contributed by atoms with Gasteiger partial charge >= 0.3 is 5.97 Å². The Morgan fingerprint density at radius 3 is 3.00 bits per heavy atom. The number of aliphatic carboxylic acids is 1. The van der Waals surface area contributed by atoms with E-state index in [-0.39, 0.29) is 19.1 Å². The maximum atomic E-state index is 11.4.